The predicted octanol–water partition coefficient (Wildman–Crippen LogP) is -0.0857. The van der Waals surface area contributed by atoms with Gasteiger partial charge in [-0.1, -0.05) is 0 Å². The Morgan fingerprint density at radius 1 is 1.29 bits per heavy atom. The number of halogens is 1. The minimum atomic E-state index is -3.14. The number of rotatable bonds is 11. The van der Waals surface area contributed by atoms with Crippen molar-refractivity contribution in [2.75, 3.05) is 71.8 Å². The lowest BCUT2D eigenvalue weighted by Crippen LogP contribution is -2.48. The van der Waals surface area contributed by atoms with Crippen LogP contribution in [0, 0.1) is 0 Å². The van der Waals surface area contributed by atoms with Gasteiger partial charge in [-0.3, -0.25) is 9.89 Å². The molecule has 0 aliphatic carbocycles. The minimum absolute atomic E-state index is 0. The van der Waals surface area contributed by atoms with Crippen LogP contribution >= 0.6 is 24.0 Å². The van der Waals surface area contributed by atoms with Crippen molar-refractivity contribution in [3.05, 3.63) is 0 Å². The molecule has 0 amide bonds. The fourth-order valence-corrected chi connectivity index (χ4v) is 3.60. The number of ether oxygens (including phenoxy) is 1. The van der Waals surface area contributed by atoms with Crippen molar-refractivity contribution in [1.29, 1.82) is 0 Å². The van der Waals surface area contributed by atoms with E-state index in [1.54, 1.807) is 20.9 Å². The number of β-amino-alcohol motifs (C(OH)–C–C–N with tert-alkyl or cyclic N) is 1. The molecule has 3 N–H and O–H groups in total. The number of aliphatic hydroxyl groups is 1. The summed E-state index contributed by atoms with van der Waals surface area (Å²) in [6.07, 6.45) is 0.671. The highest BCUT2D eigenvalue weighted by atomic mass is 127. The third-order valence-corrected chi connectivity index (χ3v) is 6.23. The van der Waals surface area contributed by atoms with Gasteiger partial charge in [-0.25, -0.2) is 12.7 Å². The van der Waals surface area contributed by atoms with E-state index < -0.39 is 15.6 Å². The number of nitrogens with zero attached hydrogens (tertiary/aromatic N) is 3. The lowest BCUT2D eigenvalue weighted by atomic mass is 10.1. The minimum Gasteiger partial charge on any atom is -0.387 e. The monoisotopic (exact) mass is 535 g/mol. The van der Waals surface area contributed by atoms with Crippen LogP contribution in [0.3, 0.4) is 0 Å². The van der Waals surface area contributed by atoms with Gasteiger partial charge in [0.05, 0.1) is 31.1 Å². The van der Waals surface area contributed by atoms with E-state index in [1.807, 2.05) is 6.92 Å². The van der Waals surface area contributed by atoms with Gasteiger partial charge in [0.1, 0.15) is 0 Å². The van der Waals surface area contributed by atoms with Crippen molar-refractivity contribution in [3.63, 3.8) is 0 Å². The molecule has 1 rings (SSSR count). The molecule has 1 saturated heterocycles. The van der Waals surface area contributed by atoms with E-state index in [0.717, 1.165) is 13.1 Å². The van der Waals surface area contributed by atoms with Crippen molar-refractivity contribution in [2.24, 2.45) is 4.99 Å². The number of hydrogen-bond acceptors (Lipinski definition) is 6. The fraction of sp³-hybridized carbons (Fsp3) is 0.941. The van der Waals surface area contributed by atoms with Crippen LogP contribution in [-0.2, 0) is 14.8 Å². The molecule has 0 aromatic rings. The van der Waals surface area contributed by atoms with Gasteiger partial charge in [0, 0.05) is 46.3 Å². The smallest absolute Gasteiger partial charge is 0.213 e. The van der Waals surface area contributed by atoms with Crippen molar-refractivity contribution < 1.29 is 18.3 Å². The summed E-state index contributed by atoms with van der Waals surface area (Å²) in [7, 11) is -1.54. The Balaban J connectivity index is 0.00000729. The number of aliphatic imine (C=N–C) groups is 1. The van der Waals surface area contributed by atoms with E-state index in [0.29, 0.717) is 51.8 Å². The van der Waals surface area contributed by atoms with Crippen LogP contribution in [0.15, 0.2) is 4.99 Å². The molecule has 0 saturated carbocycles. The standard InChI is InChI=1S/C17H37N5O4S.HI/c1-5-18-16(19-8-7-9-21(4)27(24,25)6-2)20-14-17(3,23)15-22-10-12-26-13-11-22;/h23H,5-15H2,1-4H3,(H2,18,19,20);1H. The van der Waals surface area contributed by atoms with Crippen molar-refractivity contribution in [1.82, 2.24) is 19.8 Å². The lowest BCUT2D eigenvalue weighted by molar-refractivity contribution is -0.0180. The van der Waals surface area contributed by atoms with E-state index >= 15 is 0 Å². The van der Waals surface area contributed by atoms with Gasteiger partial charge in [-0.15, -0.1) is 24.0 Å². The second-order valence-electron chi connectivity index (χ2n) is 7.08. The SMILES string of the molecule is CCNC(=NCC(C)(O)CN1CCOCC1)NCCCN(C)S(=O)(=O)CC.I. The number of sulfonamides is 1. The zero-order chi connectivity index (χ0) is 20.3. The van der Waals surface area contributed by atoms with Gasteiger partial charge in [-0.2, -0.15) is 0 Å². The first kappa shape index (κ1) is 27.8. The molecule has 28 heavy (non-hydrogen) atoms. The maximum absolute atomic E-state index is 11.7. The Morgan fingerprint density at radius 3 is 2.50 bits per heavy atom. The average Bonchev–Trinajstić information content (AvgIpc) is 2.63. The van der Waals surface area contributed by atoms with Crippen LogP contribution in [0.1, 0.15) is 27.2 Å². The molecule has 0 aromatic heterocycles. The Hall–Kier alpha value is -0.210. The third kappa shape index (κ3) is 11.1. The van der Waals surface area contributed by atoms with Crippen LogP contribution in [0.4, 0.5) is 0 Å². The number of guanidine groups is 1. The molecule has 1 unspecified atom stereocenters. The largest absolute Gasteiger partial charge is 0.387 e. The van der Waals surface area contributed by atoms with E-state index in [2.05, 4.69) is 20.5 Å². The zero-order valence-corrected chi connectivity index (χ0v) is 20.8. The summed E-state index contributed by atoms with van der Waals surface area (Å²) in [6, 6.07) is 0. The molecular formula is C17H38IN5O4S. The quantitative estimate of drug-likeness (QED) is 0.147. The Kier molecular flexibility index (Phi) is 13.8. The van der Waals surface area contributed by atoms with Crippen LogP contribution in [0.5, 0.6) is 0 Å². The summed E-state index contributed by atoms with van der Waals surface area (Å²) in [6.45, 7) is 11.1. The molecule has 0 bridgehead atoms. The topological polar surface area (TPSA) is 106 Å². The van der Waals surface area contributed by atoms with Gasteiger partial charge in [0.2, 0.25) is 10.0 Å². The molecule has 1 atom stereocenters. The second kappa shape index (κ2) is 13.9. The molecule has 1 aliphatic heterocycles. The molecule has 0 spiro atoms. The number of nitrogens with one attached hydrogen (secondary N) is 2. The summed E-state index contributed by atoms with van der Waals surface area (Å²) in [4.78, 5) is 6.67. The summed E-state index contributed by atoms with van der Waals surface area (Å²) in [5.41, 5.74) is -0.922. The predicted molar refractivity (Wildman–Crippen MR) is 124 cm³/mol. The summed E-state index contributed by atoms with van der Waals surface area (Å²) in [5, 5.41) is 17.0. The van der Waals surface area contributed by atoms with Crippen LogP contribution in [0.25, 0.3) is 0 Å². The van der Waals surface area contributed by atoms with Gasteiger partial charge in [-0.05, 0) is 27.2 Å². The lowest BCUT2D eigenvalue weighted by Gasteiger charge is -2.33. The van der Waals surface area contributed by atoms with Gasteiger partial charge < -0.3 is 20.5 Å². The third-order valence-electron chi connectivity index (χ3n) is 4.37. The Morgan fingerprint density at radius 2 is 1.93 bits per heavy atom. The fourth-order valence-electron chi connectivity index (χ4n) is 2.75. The van der Waals surface area contributed by atoms with E-state index in [9.17, 15) is 13.5 Å². The molecule has 1 fully saturated rings. The maximum atomic E-state index is 11.7. The van der Waals surface area contributed by atoms with Crippen molar-refractivity contribution >= 4 is 40.0 Å². The highest BCUT2D eigenvalue weighted by Crippen LogP contribution is 2.09. The highest BCUT2D eigenvalue weighted by molar-refractivity contribution is 14.0. The molecule has 1 heterocycles. The summed E-state index contributed by atoms with van der Waals surface area (Å²) >= 11 is 0. The first-order chi connectivity index (χ1) is 12.7. The van der Waals surface area contributed by atoms with Crippen molar-refractivity contribution in [2.45, 2.75) is 32.8 Å². The molecule has 9 nitrogen and oxygen atoms in total. The zero-order valence-electron chi connectivity index (χ0n) is 17.6. The average molecular weight is 535 g/mol. The Labute approximate surface area is 187 Å². The molecular weight excluding hydrogens is 497 g/mol. The van der Waals surface area contributed by atoms with Gasteiger partial charge in [0.15, 0.2) is 5.96 Å². The maximum Gasteiger partial charge on any atom is 0.213 e. The first-order valence-corrected chi connectivity index (χ1v) is 11.3. The normalized spacial score (nSPS) is 18.4. The molecule has 1 aliphatic rings. The summed E-state index contributed by atoms with van der Waals surface area (Å²) < 4.78 is 30.2. The number of morpholine rings is 1. The molecule has 0 aromatic carbocycles. The molecule has 0 radical (unpaired) electrons. The van der Waals surface area contributed by atoms with E-state index in [1.165, 1.54) is 4.31 Å². The van der Waals surface area contributed by atoms with Crippen molar-refractivity contribution in [3.8, 4) is 0 Å². The van der Waals surface area contributed by atoms with Crippen LogP contribution < -0.4 is 10.6 Å². The highest BCUT2D eigenvalue weighted by Gasteiger charge is 2.25. The van der Waals surface area contributed by atoms with Crippen LogP contribution in [-0.4, -0.2) is 106 Å². The Bertz CT molecular complexity index is 554. The van der Waals surface area contributed by atoms with E-state index in [4.69, 9.17) is 4.74 Å². The second-order valence-corrected chi connectivity index (χ2v) is 9.45. The molecule has 168 valence electrons. The number of hydrogen-bond donors (Lipinski definition) is 3. The van der Waals surface area contributed by atoms with Crippen LogP contribution in [0.2, 0.25) is 0 Å². The molecule has 11 heteroatoms. The van der Waals surface area contributed by atoms with Gasteiger partial charge >= 0.3 is 0 Å². The van der Waals surface area contributed by atoms with E-state index in [-0.39, 0.29) is 36.3 Å². The van der Waals surface area contributed by atoms with Gasteiger partial charge in [0.25, 0.3) is 0 Å². The first-order valence-electron chi connectivity index (χ1n) is 9.69. The summed E-state index contributed by atoms with van der Waals surface area (Å²) in [5.74, 6) is 0.736.